The topological polar surface area (TPSA) is 111 Å². The molecule has 0 saturated carbocycles. The highest BCUT2D eigenvalue weighted by atomic mass is 16.4. The lowest BCUT2D eigenvalue weighted by atomic mass is 10.1. The van der Waals surface area contributed by atoms with Crippen molar-refractivity contribution in [1.82, 2.24) is 25.1 Å². The molecule has 3 heterocycles. The predicted molar refractivity (Wildman–Crippen MR) is 120 cm³/mol. The van der Waals surface area contributed by atoms with Crippen LogP contribution in [0.3, 0.4) is 0 Å². The fraction of sp³-hybridized carbons (Fsp3) is 0.208. The van der Waals surface area contributed by atoms with Gasteiger partial charge in [-0.2, -0.15) is 0 Å². The van der Waals surface area contributed by atoms with Crippen LogP contribution in [0.1, 0.15) is 23.7 Å². The zero-order valence-corrected chi connectivity index (χ0v) is 17.6. The number of nitrogens with zero attached hydrogens (tertiary/aromatic N) is 5. The van der Waals surface area contributed by atoms with Gasteiger partial charge in [0.05, 0.1) is 11.9 Å². The number of likely N-dealkylation sites (tertiary alicyclic amines) is 1. The minimum atomic E-state index is 0.0595. The van der Waals surface area contributed by atoms with Crippen molar-refractivity contribution in [3.8, 4) is 34.3 Å². The SMILES string of the molecule is C[C@@H]1CCN(C(=O)c2ccc(-c3cnc(N)c(-c4nnc(-c5ccccc5)o4)n3)cc2)C1. The number of amides is 1. The second kappa shape index (κ2) is 8.22. The average Bonchev–Trinajstić information content (AvgIpc) is 3.49. The molecule has 1 aliphatic heterocycles. The molecule has 160 valence electrons. The van der Waals surface area contributed by atoms with E-state index in [4.69, 9.17) is 10.2 Å². The summed E-state index contributed by atoms with van der Waals surface area (Å²) in [5.74, 6) is 1.39. The van der Waals surface area contributed by atoms with Crippen LogP contribution < -0.4 is 5.73 Å². The third-order valence-electron chi connectivity index (χ3n) is 5.59. The highest BCUT2D eigenvalue weighted by Gasteiger charge is 2.24. The summed E-state index contributed by atoms with van der Waals surface area (Å²) in [6.07, 6.45) is 2.64. The molecule has 8 nitrogen and oxygen atoms in total. The zero-order chi connectivity index (χ0) is 22.1. The van der Waals surface area contributed by atoms with Crippen molar-refractivity contribution in [2.75, 3.05) is 18.8 Å². The summed E-state index contributed by atoms with van der Waals surface area (Å²) < 4.78 is 5.79. The predicted octanol–water partition coefficient (Wildman–Crippen LogP) is 3.92. The first kappa shape index (κ1) is 19.9. The maximum absolute atomic E-state index is 12.7. The molecule has 2 aromatic carbocycles. The van der Waals surface area contributed by atoms with Gasteiger partial charge in [-0.05, 0) is 36.6 Å². The molecule has 0 unspecified atom stereocenters. The minimum Gasteiger partial charge on any atom is -0.414 e. The van der Waals surface area contributed by atoms with E-state index in [9.17, 15) is 4.79 Å². The van der Waals surface area contributed by atoms with Crippen molar-refractivity contribution in [2.45, 2.75) is 13.3 Å². The van der Waals surface area contributed by atoms with Gasteiger partial charge in [0.15, 0.2) is 11.5 Å². The normalized spacial score (nSPS) is 15.8. The van der Waals surface area contributed by atoms with Crippen LogP contribution in [0.2, 0.25) is 0 Å². The van der Waals surface area contributed by atoms with Crippen LogP contribution >= 0.6 is 0 Å². The van der Waals surface area contributed by atoms with Gasteiger partial charge < -0.3 is 15.1 Å². The maximum Gasteiger partial charge on any atom is 0.270 e. The number of carbonyl (C=O) groups is 1. The molecule has 8 heteroatoms. The number of benzene rings is 2. The Bertz CT molecular complexity index is 1250. The molecule has 1 aliphatic rings. The van der Waals surface area contributed by atoms with Crippen LogP contribution in [0.25, 0.3) is 34.3 Å². The molecule has 2 N–H and O–H groups in total. The van der Waals surface area contributed by atoms with Crippen LogP contribution in [0.4, 0.5) is 5.82 Å². The molecule has 4 aromatic rings. The van der Waals surface area contributed by atoms with Gasteiger partial charge in [-0.3, -0.25) is 4.79 Å². The quantitative estimate of drug-likeness (QED) is 0.526. The second-order valence-corrected chi connectivity index (χ2v) is 7.99. The number of rotatable bonds is 4. The molecule has 0 bridgehead atoms. The Labute approximate surface area is 185 Å². The first-order valence-corrected chi connectivity index (χ1v) is 10.5. The molecule has 1 atom stereocenters. The van der Waals surface area contributed by atoms with Crippen molar-refractivity contribution in [1.29, 1.82) is 0 Å². The van der Waals surface area contributed by atoms with E-state index in [2.05, 4.69) is 27.1 Å². The van der Waals surface area contributed by atoms with E-state index in [-0.39, 0.29) is 17.6 Å². The lowest BCUT2D eigenvalue weighted by Crippen LogP contribution is -2.28. The fourth-order valence-electron chi connectivity index (χ4n) is 3.80. The van der Waals surface area contributed by atoms with Crippen molar-refractivity contribution in [3.05, 3.63) is 66.4 Å². The first-order chi connectivity index (χ1) is 15.6. The Morgan fingerprint density at radius 2 is 1.78 bits per heavy atom. The van der Waals surface area contributed by atoms with Crippen LogP contribution in [-0.2, 0) is 0 Å². The molecule has 1 saturated heterocycles. The van der Waals surface area contributed by atoms with Gasteiger partial charge in [-0.25, -0.2) is 9.97 Å². The average molecular weight is 426 g/mol. The summed E-state index contributed by atoms with van der Waals surface area (Å²) in [5.41, 5.74) is 9.25. The number of nitrogens with two attached hydrogens (primary N) is 1. The van der Waals surface area contributed by atoms with Crippen LogP contribution in [0, 0.1) is 5.92 Å². The number of aromatic nitrogens is 4. The summed E-state index contributed by atoms with van der Waals surface area (Å²) in [6.45, 7) is 3.78. The summed E-state index contributed by atoms with van der Waals surface area (Å²) in [6, 6.07) is 16.8. The van der Waals surface area contributed by atoms with E-state index >= 15 is 0 Å². The Kier molecular flexibility index (Phi) is 5.10. The summed E-state index contributed by atoms with van der Waals surface area (Å²) in [4.78, 5) is 23.5. The Morgan fingerprint density at radius 3 is 2.50 bits per heavy atom. The minimum absolute atomic E-state index is 0.0595. The highest BCUT2D eigenvalue weighted by molar-refractivity contribution is 5.94. The number of nitrogen functional groups attached to an aromatic ring is 1. The largest absolute Gasteiger partial charge is 0.414 e. The van der Waals surface area contributed by atoms with Crippen LogP contribution in [0.5, 0.6) is 0 Å². The van der Waals surface area contributed by atoms with Crippen LogP contribution in [-0.4, -0.2) is 44.1 Å². The smallest absolute Gasteiger partial charge is 0.270 e. The van der Waals surface area contributed by atoms with Crippen molar-refractivity contribution in [3.63, 3.8) is 0 Å². The zero-order valence-electron chi connectivity index (χ0n) is 17.6. The molecule has 0 radical (unpaired) electrons. The van der Waals surface area contributed by atoms with Crippen LogP contribution in [0.15, 0.2) is 65.2 Å². The van der Waals surface area contributed by atoms with E-state index in [0.717, 1.165) is 30.6 Å². The fourth-order valence-corrected chi connectivity index (χ4v) is 3.80. The van der Waals surface area contributed by atoms with Crippen molar-refractivity contribution < 1.29 is 9.21 Å². The van der Waals surface area contributed by atoms with Gasteiger partial charge >= 0.3 is 0 Å². The molecule has 32 heavy (non-hydrogen) atoms. The molecule has 2 aromatic heterocycles. The van der Waals surface area contributed by atoms with E-state index in [1.807, 2.05) is 59.5 Å². The third-order valence-corrected chi connectivity index (χ3v) is 5.59. The first-order valence-electron chi connectivity index (χ1n) is 10.5. The lowest BCUT2D eigenvalue weighted by Gasteiger charge is -2.16. The summed E-state index contributed by atoms with van der Waals surface area (Å²) in [5, 5.41) is 8.19. The second-order valence-electron chi connectivity index (χ2n) is 7.99. The van der Waals surface area contributed by atoms with Gasteiger partial charge in [-0.1, -0.05) is 37.3 Å². The van der Waals surface area contributed by atoms with E-state index in [1.54, 1.807) is 6.20 Å². The number of anilines is 1. The molecule has 5 rings (SSSR count). The monoisotopic (exact) mass is 426 g/mol. The molecular weight excluding hydrogens is 404 g/mol. The molecule has 0 spiro atoms. The number of carbonyl (C=O) groups excluding carboxylic acids is 1. The van der Waals surface area contributed by atoms with E-state index in [0.29, 0.717) is 28.8 Å². The lowest BCUT2D eigenvalue weighted by molar-refractivity contribution is 0.0788. The van der Waals surface area contributed by atoms with Gasteiger partial charge in [0.25, 0.3) is 11.8 Å². The third kappa shape index (κ3) is 3.82. The Morgan fingerprint density at radius 1 is 1.03 bits per heavy atom. The Balaban J connectivity index is 1.40. The van der Waals surface area contributed by atoms with E-state index < -0.39 is 0 Å². The van der Waals surface area contributed by atoms with Gasteiger partial charge in [0, 0.05) is 29.8 Å². The molecule has 0 aliphatic carbocycles. The van der Waals surface area contributed by atoms with Crippen molar-refractivity contribution >= 4 is 11.7 Å². The molecule has 1 amide bonds. The molecular formula is C24H22N6O2. The summed E-state index contributed by atoms with van der Waals surface area (Å²) in [7, 11) is 0. The summed E-state index contributed by atoms with van der Waals surface area (Å²) >= 11 is 0. The highest BCUT2D eigenvalue weighted by Crippen LogP contribution is 2.28. The van der Waals surface area contributed by atoms with Crippen molar-refractivity contribution in [2.24, 2.45) is 5.92 Å². The van der Waals surface area contributed by atoms with Gasteiger partial charge in [0.1, 0.15) is 0 Å². The Hall–Kier alpha value is -4.07. The number of hydrogen-bond donors (Lipinski definition) is 1. The number of hydrogen-bond acceptors (Lipinski definition) is 7. The standard InChI is InChI=1S/C24H22N6O2/c1-15-11-12-30(14-15)24(31)18-9-7-16(8-10-18)19-13-26-21(25)20(27-19)23-29-28-22(32-23)17-5-3-2-4-6-17/h2-10,13,15H,11-12,14H2,1H3,(H2,25,26)/t15-/m1/s1. The maximum atomic E-state index is 12.7. The van der Waals surface area contributed by atoms with Gasteiger partial charge in [-0.15, -0.1) is 10.2 Å². The van der Waals surface area contributed by atoms with E-state index in [1.165, 1.54) is 0 Å². The molecule has 1 fully saturated rings. The van der Waals surface area contributed by atoms with Gasteiger partial charge in [0.2, 0.25) is 5.89 Å².